The highest BCUT2D eigenvalue weighted by atomic mass is 19.1. The van der Waals surface area contributed by atoms with E-state index in [0.29, 0.717) is 28.6 Å². The fraction of sp³-hybridized carbons (Fsp3) is 0.316. The van der Waals surface area contributed by atoms with E-state index in [-0.39, 0.29) is 5.56 Å². The van der Waals surface area contributed by atoms with Crippen LogP contribution in [0, 0.1) is 28.5 Å². The second-order valence-corrected chi connectivity index (χ2v) is 6.03. The second kappa shape index (κ2) is 7.29. The van der Waals surface area contributed by atoms with E-state index in [1.807, 2.05) is 13.1 Å². The van der Waals surface area contributed by atoms with Crippen molar-refractivity contribution in [1.29, 1.82) is 10.5 Å². The van der Waals surface area contributed by atoms with Gasteiger partial charge in [0.05, 0.1) is 5.56 Å². The molecule has 0 bridgehead atoms. The minimum Gasteiger partial charge on any atom is -0.355 e. The van der Waals surface area contributed by atoms with Gasteiger partial charge < -0.3 is 10.2 Å². The van der Waals surface area contributed by atoms with Crippen molar-refractivity contribution in [3.05, 3.63) is 47.4 Å². The fourth-order valence-corrected chi connectivity index (χ4v) is 3.19. The third-order valence-corrected chi connectivity index (χ3v) is 4.65. The van der Waals surface area contributed by atoms with Crippen LogP contribution in [0.1, 0.15) is 24.0 Å². The van der Waals surface area contributed by atoms with Crippen molar-refractivity contribution in [2.24, 2.45) is 0 Å². The number of anilines is 1. The summed E-state index contributed by atoms with van der Waals surface area (Å²) in [5.74, 6) is 0.0522. The fourth-order valence-electron chi connectivity index (χ4n) is 3.19. The van der Waals surface area contributed by atoms with Crippen molar-refractivity contribution in [2.45, 2.75) is 18.9 Å². The van der Waals surface area contributed by atoms with Crippen molar-refractivity contribution in [3.63, 3.8) is 0 Å². The maximum absolute atomic E-state index is 14.0. The summed E-state index contributed by atoms with van der Waals surface area (Å²) < 4.78 is 14.0. The van der Waals surface area contributed by atoms with Gasteiger partial charge in [-0.3, -0.25) is 0 Å². The van der Waals surface area contributed by atoms with Crippen molar-refractivity contribution < 1.29 is 4.39 Å². The molecule has 1 aliphatic rings. The Labute approximate surface area is 146 Å². The number of benzene rings is 1. The third kappa shape index (κ3) is 3.31. The maximum atomic E-state index is 14.0. The van der Waals surface area contributed by atoms with Gasteiger partial charge in [-0.05, 0) is 43.7 Å². The van der Waals surface area contributed by atoms with Gasteiger partial charge in [-0.25, -0.2) is 9.37 Å². The standard InChI is InChI=1S/C19H18FN5/c1-23-15-5-8-25(9-6-15)19-17(12-22)16(4-7-24-19)13-2-3-14(11-21)18(20)10-13/h2-4,7,10,15,23H,5-6,8-9H2,1H3. The predicted octanol–water partition coefficient (Wildman–Crippen LogP) is 2.82. The number of rotatable bonds is 3. The van der Waals surface area contributed by atoms with Crippen molar-refractivity contribution in [1.82, 2.24) is 10.3 Å². The third-order valence-electron chi connectivity index (χ3n) is 4.65. The minimum absolute atomic E-state index is 0.00863. The average molecular weight is 335 g/mol. The first-order valence-electron chi connectivity index (χ1n) is 8.19. The number of nitrogens with zero attached hydrogens (tertiary/aromatic N) is 4. The van der Waals surface area contributed by atoms with Gasteiger partial charge in [0.25, 0.3) is 0 Å². The monoisotopic (exact) mass is 335 g/mol. The van der Waals surface area contributed by atoms with Crippen molar-refractivity contribution in [3.8, 4) is 23.3 Å². The van der Waals surface area contributed by atoms with E-state index >= 15 is 0 Å². The first-order chi connectivity index (χ1) is 12.2. The van der Waals surface area contributed by atoms with Crippen LogP contribution in [0.5, 0.6) is 0 Å². The highest BCUT2D eigenvalue weighted by molar-refractivity contribution is 5.76. The van der Waals surface area contributed by atoms with Gasteiger partial charge in [-0.15, -0.1) is 0 Å². The van der Waals surface area contributed by atoms with E-state index in [2.05, 4.69) is 21.3 Å². The molecule has 0 atom stereocenters. The van der Waals surface area contributed by atoms with Crippen LogP contribution < -0.4 is 10.2 Å². The molecule has 2 aromatic rings. The Bertz CT molecular complexity index is 857. The van der Waals surface area contributed by atoms with Gasteiger partial charge in [0.1, 0.15) is 29.3 Å². The van der Waals surface area contributed by atoms with E-state index in [9.17, 15) is 9.65 Å². The molecule has 1 fully saturated rings. The molecule has 0 unspecified atom stereocenters. The molecular formula is C19H18FN5. The first kappa shape index (κ1) is 16.9. The smallest absolute Gasteiger partial charge is 0.147 e. The summed E-state index contributed by atoms with van der Waals surface area (Å²) in [6, 6.07) is 10.6. The molecular weight excluding hydrogens is 317 g/mol. The molecule has 1 aromatic heterocycles. The zero-order valence-electron chi connectivity index (χ0n) is 14.0. The predicted molar refractivity (Wildman–Crippen MR) is 93.4 cm³/mol. The summed E-state index contributed by atoms with van der Waals surface area (Å²) in [5.41, 5.74) is 1.63. The molecule has 0 radical (unpaired) electrons. The molecule has 0 aliphatic carbocycles. The van der Waals surface area contributed by atoms with Gasteiger partial charge in [-0.1, -0.05) is 6.07 Å². The lowest BCUT2D eigenvalue weighted by Gasteiger charge is -2.33. The molecule has 5 nitrogen and oxygen atoms in total. The quantitative estimate of drug-likeness (QED) is 0.933. The lowest BCUT2D eigenvalue weighted by Crippen LogP contribution is -2.41. The van der Waals surface area contributed by atoms with Crippen LogP contribution in [-0.4, -0.2) is 31.2 Å². The lowest BCUT2D eigenvalue weighted by atomic mass is 9.98. The van der Waals surface area contributed by atoms with Crippen molar-refractivity contribution in [2.75, 3.05) is 25.0 Å². The van der Waals surface area contributed by atoms with Crippen LogP contribution >= 0.6 is 0 Å². The molecule has 6 heteroatoms. The number of piperidine rings is 1. The molecule has 0 spiro atoms. The number of hydrogen-bond acceptors (Lipinski definition) is 5. The molecule has 1 aliphatic heterocycles. The molecule has 0 amide bonds. The zero-order chi connectivity index (χ0) is 17.8. The van der Waals surface area contributed by atoms with E-state index in [0.717, 1.165) is 25.9 Å². The largest absolute Gasteiger partial charge is 0.355 e. The van der Waals surface area contributed by atoms with Crippen LogP contribution in [0.25, 0.3) is 11.1 Å². The Kier molecular flexibility index (Phi) is 4.92. The summed E-state index contributed by atoms with van der Waals surface area (Å²) in [6.45, 7) is 1.64. The molecule has 1 saturated heterocycles. The van der Waals surface area contributed by atoms with Crippen LogP contribution in [-0.2, 0) is 0 Å². The zero-order valence-corrected chi connectivity index (χ0v) is 14.0. The van der Waals surface area contributed by atoms with Crippen LogP contribution in [0.2, 0.25) is 0 Å². The maximum Gasteiger partial charge on any atom is 0.147 e. The Morgan fingerprint density at radius 1 is 1.20 bits per heavy atom. The Balaban J connectivity index is 1.99. The summed E-state index contributed by atoms with van der Waals surface area (Å²) >= 11 is 0. The van der Waals surface area contributed by atoms with Crippen LogP contribution in [0.15, 0.2) is 30.5 Å². The molecule has 126 valence electrons. The highest BCUT2D eigenvalue weighted by Gasteiger charge is 2.22. The Morgan fingerprint density at radius 3 is 2.56 bits per heavy atom. The van der Waals surface area contributed by atoms with E-state index in [1.165, 1.54) is 12.1 Å². The van der Waals surface area contributed by atoms with E-state index in [4.69, 9.17) is 5.26 Å². The first-order valence-corrected chi connectivity index (χ1v) is 8.19. The SMILES string of the molecule is CNC1CCN(c2nccc(-c3ccc(C#N)c(F)c3)c2C#N)CC1. The summed E-state index contributed by atoms with van der Waals surface area (Å²) in [4.78, 5) is 6.51. The summed E-state index contributed by atoms with van der Waals surface area (Å²) in [6.07, 6.45) is 3.61. The number of pyridine rings is 1. The van der Waals surface area contributed by atoms with E-state index in [1.54, 1.807) is 18.3 Å². The normalized spacial score (nSPS) is 14.8. The average Bonchev–Trinajstić information content (AvgIpc) is 2.67. The van der Waals surface area contributed by atoms with Gasteiger partial charge in [-0.2, -0.15) is 10.5 Å². The molecule has 0 saturated carbocycles. The summed E-state index contributed by atoms with van der Waals surface area (Å²) in [5, 5.41) is 21.8. The van der Waals surface area contributed by atoms with Crippen molar-refractivity contribution >= 4 is 5.82 Å². The number of halogens is 1. The van der Waals surface area contributed by atoms with Gasteiger partial charge in [0, 0.05) is 30.9 Å². The van der Waals surface area contributed by atoms with Gasteiger partial charge >= 0.3 is 0 Å². The lowest BCUT2D eigenvalue weighted by molar-refractivity contribution is 0.440. The number of hydrogen-bond donors (Lipinski definition) is 1. The molecule has 3 rings (SSSR count). The Hall–Kier alpha value is -2.96. The number of nitrogens with one attached hydrogen (secondary N) is 1. The Morgan fingerprint density at radius 2 is 1.96 bits per heavy atom. The summed E-state index contributed by atoms with van der Waals surface area (Å²) in [7, 11) is 1.96. The number of nitriles is 2. The number of aromatic nitrogens is 1. The highest BCUT2D eigenvalue weighted by Crippen LogP contribution is 2.31. The second-order valence-electron chi connectivity index (χ2n) is 6.03. The molecule has 1 N–H and O–H groups in total. The van der Waals surface area contributed by atoms with E-state index < -0.39 is 5.82 Å². The minimum atomic E-state index is -0.586. The van der Waals surface area contributed by atoms with Gasteiger partial charge in [0.15, 0.2) is 0 Å². The van der Waals surface area contributed by atoms with Crippen LogP contribution in [0.3, 0.4) is 0 Å². The molecule has 25 heavy (non-hydrogen) atoms. The molecule has 2 heterocycles. The molecule has 1 aromatic carbocycles. The van der Waals surface area contributed by atoms with Crippen LogP contribution in [0.4, 0.5) is 10.2 Å². The topological polar surface area (TPSA) is 75.7 Å². The van der Waals surface area contributed by atoms with Gasteiger partial charge in [0.2, 0.25) is 0 Å².